The molecule has 112 valence electrons. The third-order valence-electron chi connectivity index (χ3n) is 2.31. The number of thiophene rings is 1. The molecular weight excluding hydrogens is 352 g/mol. The summed E-state index contributed by atoms with van der Waals surface area (Å²) in [5, 5.41) is 0. The van der Waals surface area contributed by atoms with E-state index in [-0.39, 0.29) is 15.8 Å². The van der Waals surface area contributed by atoms with E-state index in [0.29, 0.717) is 15.8 Å². The molecule has 0 unspecified atom stereocenters. The summed E-state index contributed by atoms with van der Waals surface area (Å²) in [6.45, 7) is 0.0267. The molecule has 2 rings (SSSR count). The molecule has 2 aromatic rings. The molecule has 0 fully saturated rings. The molecule has 0 bridgehead atoms. The Balaban J connectivity index is 2.25. The Morgan fingerprint density at radius 1 is 1.33 bits per heavy atom. The van der Waals surface area contributed by atoms with Gasteiger partial charge < -0.3 is 10.5 Å². The van der Waals surface area contributed by atoms with Gasteiger partial charge in [-0.25, -0.2) is 8.42 Å². The summed E-state index contributed by atoms with van der Waals surface area (Å²) in [6.07, 6.45) is 0. The van der Waals surface area contributed by atoms with E-state index in [0.717, 1.165) is 11.3 Å². The van der Waals surface area contributed by atoms with Gasteiger partial charge in [-0.15, -0.1) is 11.3 Å². The third-order valence-corrected chi connectivity index (χ3v) is 5.52. The maximum Gasteiger partial charge on any atom is 0.271 e. The Hall–Kier alpha value is -1.35. The van der Waals surface area contributed by atoms with Crippen LogP contribution < -0.4 is 15.2 Å². The predicted octanol–water partition coefficient (Wildman–Crippen LogP) is 2.87. The van der Waals surface area contributed by atoms with Crippen LogP contribution in [0.3, 0.4) is 0 Å². The summed E-state index contributed by atoms with van der Waals surface area (Å²) in [7, 11) is -3.71. The van der Waals surface area contributed by atoms with E-state index in [1.807, 2.05) is 0 Å². The maximum atomic E-state index is 12.2. The van der Waals surface area contributed by atoms with Crippen molar-refractivity contribution in [2.75, 3.05) is 11.3 Å². The molecule has 0 aliphatic rings. The van der Waals surface area contributed by atoms with Crippen LogP contribution in [0.15, 0.2) is 40.6 Å². The lowest BCUT2D eigenvalue weighted by Crippen LogP contribution is -2.19. The number of nitrogens with two attached hydrogens (primary N) is 1. The highest BCUT2D eigenvalue weighted by molar-refractivity contribution is 7.94. The predicted molar refractivity (Wildman–Crippen MR) is 88.9 cm³/mol. The lowest BCUT2D eigenvalue weighted by molar-refractivity contribution is 0.379. The molecule has 5 nitrogen and oxygen atoms in total. The molecule has 1 heterocycles. The lowest BCUT2D eigenvalue weighted by atomic mass is 10.3. The average molecular weight is 363 g/mol. The van der Waals surface area contributed by atoms with E-state index in [2.05, 4.69) is 4.72 Å². The molecule has 0 aliphatic carbocycles. The molecule has 0 aliphatic heterocycles. The summed E-state index contributed by atoms with van der Waals surface area (Å²) < 4.78 is 32.8. The van der Waals surface area contributed by atoms with Crippen molar-refractivity contribution in [2.45, 2.75) is 4.21 Å². The van der Waals surface area contributed by atoms with Crippen LogP contribution in [0, 0.1) is 0 Å². The highest BCUT2D eigenvalue weighted by Crippen LogP contribution is 2.30. The molecule has 0 amide bonds. The topological polar surface area (TPSA) is 81.4 Å². The smallest absolute Gasteiger partial charge is 0.271 e. The van der Waals surface area contributed by atoms with Crippen molar-refractivity contribution in [1.82, 2.24) is 0 Å². The fraction of sp³-hybridized carbons (Fsp3) is 0.0833. The van der Waals surface area contributed by atoms with E-state index in [4.69, 9.17) is 34.3 Å². The third kappa shape index (κ3) is 4.31. The number of ether oxygens (including phenoxy) is 1. The molecule has 3 N–H and O–H groups in total. The molecule has 1 aromatic carbocycles. The van der Waals surface area contributed by atoms with Crippen molar-refractivity contribution < 1.29 is 13.2 Å². The highest BCUT2D eigenvalue weighted by atomic mass is 35.5. The van der Waals surface area contributed by atoms with Crippen molar-refractivity contribution in [3.05, 3.63) is 40.7 Å². The summed E-state index contributed by atoms with van der Waals surface area (Å²) in [6, 6.07) is 9.57. The fourth-order valence-electron chi connectivity index (χ4n) is 1.46. The second-order valence-electron chi connectivity index (χ2n) is 3.92. The Morgan fingerprint density at radius 3 is 2.67 bits per heavy atom. The van der Waals surface area contributed by atoms with Gasteiger partial charge in [0.15, 0.2) is 0 Å². The van der Waals surface area contributed by atoms with E-state index in [1.165, 1.54) is 12.1 Å². The SMILES string of the molecule is NC(=S)COc1ccccc1NS(=O)(=O)c1ccc(Cl)s1. The Bertz CT molecular complexity index is 759. The number of hydrogen-bond acceptors (Lipinski definition) is 5. The van der Waals surface area contributed by atoms with Crippen LogP contribution in [0.4, 0.5) is 5.69 Å². The van der Waals surface area contributed by atoms with Gasteiger partial charge in [0.2, 0.25) is 0 Å². The van der Waals surface area contributed by atoms with Gasteiger partial charge in [-0.2, -0.15) is 0 Å². The summed E-state index contributed by atoms with van der Waals surface area (Å²) in [5.41, 5.74) is 5.67. The number of anilines is 1. The molecule has 0 spiro atoms. The Labute approximate surface area is 136 Å². The van der Waals surface area contributed by atoms with E-state index in [9.17, 15) is 8.42 Å². The second kappa shape index (κ2) is 6.61. The number of para-hydroxylation sites is 2. The number of thiocarbonyl (C=S) groups is 1. The normalized spacial score (nSPS) is 11.1. The molecule has 0 saturated carbocycles. The van der Waals surface area contributed by atoms with Crippen LogP contribution in [0.2, 0.25) is 4.34 Å². The minimum absolute atomic E-state index is 0.0267. The van der Waals surface area contributed by atoms with Gasteiger partial charge >= 0.3 is 0 Å². The minimum Gasteiger partial charge on any atom is -0.484 e. The van der Waals surface area contributed by atoms with Crippen LogP contribution in [-0.4, -0.2) is 20.0 Å². The summed E-state index contributed by atoms with van der Waals surface area (Å²) in [4.78, 5) is 0.178. The van der Waals surface area contributed by atoms with Gasteiger partial charge in [0, 0.05) is 0 Å². The van der Waals surface area contributed by atoms with Gasteiger partial charge in [-0.05, 0) is 24.3 Å². The molecule has 0 atom stereocenters. The zero-order chi connectivity index (χ0) is 15.5. The molecular formula is C12H11ClN2O3S3. The van der Waals surface area contributed by atoms with Gasteiger partial charge in [-0.1, -0.05) is 36.0 Å². The number of hydrogen-bond donors (Lipinski definition) is 2. The quantitative estimate of drug-likeness (QED) is 0.772. The van der Waals surface area contributed by atoms with Crippen LogP contribution >= 0.6 is 35.2 Å². The first-order valence-electron chi connectivity index (χ1n) is 5.67. The van der Waals surface area contributed by atoms with E-state index in [1.54, 1.807) is 24.3 Å². The van der Waals surface area contributed by atoms with Crippen molar-refractivity contribution in [3.8, 4) is 5.75 Å². The maximum absolute atomic E-state index is 12.2. The minimum atomic E-state index is -3.71. The van der Waals surface area contributed by atoms with Crippen LogP contribution in [-0.2, 0) is 10.0 Å². The fourth-order valence-corrected chi connectivity index (χ4v) is 4.07. The van der Waals surface area contributed by atoms with Crippen molar-refractivity contribution in [3.63, 3.8) is 0 Å². The monoisotopic (exact) mass is 362 g/mol. The first kappa shape index (κ1) is 16.0. The molecule has 1 aromatic heterocycles. The Morgan fingerprint density at radius 2 is 2.05 bits per heavy atom. The lowest BCUT2D eigenvalue weighted by Gasteiger charge is -2.12. The molecule has 0 saturated heterocycles. The Kier molecular flexibility index (Phi) is 5.04. The number of nitrogens with one attached hydrogen (secondary N) is 1. The molecule has 21 heavy (non-hydrogen) atoms. The zero-order valence-electron chi connectivity index (χ0n) is 10.6. The summed E-state index contributed by atoms with van der Waals surface area (Å²) >= 11 is 11.5. The van der Waals surface area contributed by atoms with Crippen molar-refractivity contribution in [2.24, 2.45) is 5.73 Å². The standard InChI is InChI=1S/C12H11ClN2O3S3/c13-10-5-6-12(20-10)21(16,17)15-8-3-1-2-4-9(8)18-7-11(14)19/h1-6,15H,7H2,(H2,14,19). The average Bonchev–Trinajstić information content (AvgIpc) is 2.85. The van der Waals surface area contributed by atoms with Gasteiger partial charge in [0.25, 0.3) is 10.0 Å². The van der Waals surface area contributed by atoms with Gasteiger partial charge in [-0.3, -0.25) is 4.72 Å². The highest BCUT2D eigenvalue weighted by Gasteiger charge is 2.18. The number of benzene rings is 1. The summed E-state index contributed by atoms with van der Waals surface area (Å²) in [5.74, 6) is 0.344. The van der Waals surface area contributed by atoms with Gasteiger partial charge in [0.1, 0.15) is 21.6 Å². The van der Waals surface area contributed by atoms with Crippen molar-refractivity contribution in [1.29, 1.82) is 0 Å². The van der Waals surface area contributed by atoms with Gasteiger partial charge in [0.05, 0.1) is 10.0 Å². The first-order valence-corrected chi connectivity index (χ1v) is 8.75. The van der Waals surface area contributed by atoms with Crippen LogP contribution in [0.1, 0.15) is 0 Å². The second-order valence-corrected chi connectivity index (χ2v) is 8.06. The first-order chi connectivity index (χ1) is 9.88. The van der Waals surface area contributed by atoms with Crippen LogP contribution in [0.5, 0.6) is 5.75 Å². The zero-order valence-corrected chi connectivity index (χ0v) is 13.8. The number of rotatable bonds is 6. The molecule has 0 radical (unpaired) electrons. The van der Waals surface area contributed by atoms with E-state index < -0.39 is 10.0 Å². The van der Waals surface area contributed by atoms with E-state index >= 15 is 0 Å². The van der Waals surface area contributed by atoms with Crippen LogP contribution in [0.25, 0.3) is 0 Å². The number of sulfonamides is 1. The largest absolute Gasteiger partial charge is 0.484 e. The number of halogens is 1. The van der Waals surface area contributed by atoms with Crippen molar-refractivity contribution >= 4 is 55.9 Å². The molecule has 9 heteroatoms.